The number of carboxylic acids is 1. The first-order valence-electron chi connectivity index (χ1n) is 12.8. The molecule has 0 aliphatic carbocycles. The van der Waals surface area contributed by atoms with E-state index >= 15 is 0 Å². The normalized spacial score (nSPS) is 20.6. The molecule has 0 radical (unpaired) electrons. The van der Waals surface area contributed by atoms with Crippen LogP contribution in [0.15, 0.2) is 52.1 Å². The summed E-state index contributed by atoms with van der Waals surface area (Å²) in [5.41, 5.74) is -1.56. The van der Waals surface area contributed by atoms with Gasteiger partial charge in [-0.1, -0.05) is 42.4 Å². The van der Waals surface area contributed by atoms with Gasteiger partial charge in [0, 0.05) is 41.2 Å². The molecule has 2 aliphatic rings. The topological polar surface area (TPSA) is 177 Å². The van der Waals surface area contributed by atoms with Crippen molar-refractivity contribution in [3.8, 4) is 0 Å². The molecule has 4 heterocycles. The van der Waals surface area contributed by atoms with Crippen molar-refractivity contribution < 1.29 is 33.9 Å². The van der Waals surface area contributed by atoms with Crippen molar-refractivity contribution >= 4 is 58.7 Å². The standard InChI is InChI=1S/C25H30N6O7S3/c1-3-4-5-10-26-24(36)27-18(16-8-7-12-39-16)20(32)28-25(38-2)22(35)31-19(21(33)34)15(14-41-23(25)31)13-40-17-9-6-11-30(37)29-17/h6-9,11-12,18,23H,3-5,10,13-14H2,1-2H3,(H,28,32)(H,33,34)(H2,26,27,36)/t18?,23?,25-/m1/s1. The highest BCUT2D eigenvalue weighted by molar-refractivity contribution is 8.01. The monoisotopic (exact) mass is 622 g/mol. The largest absolute Gasteiger partial charge is 0.594 e. The van der Waals surface area contributed by atoms with Gasteiger partial charge in [0.05, 0.1) is 0 Å². The van der Waals surface area contributed by atoms with E-state index in [2.05, 4.69) is 28.0 Å². The summed E-state index contributed by atoms with van der Waals surface area (Å²) in [7, 11) is 1.26. The molecular weight excluding hydrogens is 593 g/mol. The lowest BCUT2D eigenvalue weighted by atomic mass is 9.97. The van der Waals surface area contributed by atoms with Gasteiger partial charge in [-0.15, -0.1) is 23.1 Å². The van der Waals surface area contributed by atoms with E-state index in [1.807, 2.05) is 0 Å². The van der Waals surface area contributed by atoms with Crippen LogP contribution in [0.3, 0.4) is 0 Å². The van der Waals surface area contributed by atoms with E-state index in [0.717, 1.165) is 24.2 Å². The molecule has 4 rings (SSSR count). The molecule has 0 aromatic carbocycles. The number of amides is 4. The molecule has 3 atom stereocenters. The maximum absolute atomic E-state index is 13.5. The minimum absolute atomic E-state index is 0.187. The van der Waals surface area contributed by atoms with E-state index in [-0.39, 0.29) is 17.2 Å². The maximum Gasteiger partial charge on any atom is 0.352 e. The molecule has 16 heteroatoms. The first kappa shape index (κ1) is 30.6. The Kier molecular flexibility index (Phi) is 10.1. The van der Waals surface area contributed by atoms with Crippen LogP contribution in [-0.4, -0.2) is 75.2 Å². The van der Waals surface area contributed by atoms with Crippen molar-refractivity contribution in [3.63, 3.8) is 0 Å². The number of thioether (sulfide) groups is 2. The zero-order valence-electron chi connectivity index (χ0n) is 22.3. The van der Waals surface area contributed by atoms with Crippen LogP contribution in [0.5, 0.6) is 0 Å². The molecule has 0 spiro atoms. The molecule has 2 aromatic heterocycles. The van der Waals surface area contributed by atoms with Crippen LogP contribution < -0.4 is 20.8 Å². The average molecular weight is 623 g/mol. The molecule has 1 fully saturated rings. The van der Waals surface area contributed by atoms with Gasteiger partial charge in [0.2, 0.25) is 6.20 Å². The number of carbonyl (C=O) groups excluding carboxylic acids is 3. The van der Waals surface area contributed by atoms with Crippen molar-refractivity contribution in [2.75, 3.05) is 25.2 Å². The van der Waals surface area contributed by atoms with E-state index in [4.69, 9.17) is 4.74 Å². The van der Waals surface area contributed by atoms with Crippen molar-refractivity contribution in [2.24, 2.45) is 0 Å². The predicted molar refractivity (Wildman–Crippen MR) is 153 cm³/mol. The summed E-state index contributed by atoms with van der Waals surface area (Å²) >= 11 is 3.68. The number of fused-ring (bicyclic) bond motifs is 1. The van der Waals surface area contributed by atoms with Gasteiger partial charge in [0.1, 0.15) is 17.1 Å². The number of β-lactam (4-membered cyclic amide) rings is 1. The molecule has 0 saturated carbocycles. The third kappa shape index (κ3) is 6.60. The second-order valence-corrected chi connectivity index (χ2v) is 12.2. The highest BCUT2D eigenvalue weighted by Crippen LogP contribution is 2.47. The molecule has 4 N–H and O–H groups in total. The molecule has 1 saturated heterocycles. The lowest BCUT2D eigenvalue weighted by Gasteiger charge is -2.56. The molecule has 13 nitrogen and oxygen atoms in total. The first-order valence-corrected chi connectivity index (χ1v) is 15.7. The Hall–Kier alpha value is -3.34. The number of carboxylic acid groups (broad SMARTS) is 1. The number of rotatable bonds is 13. The van der Waals surface area contributed by atoms with Gasteiger partial charge >= 0.3 is 12.0 Å². The van der Waals surface area contributed by atoms with Crippen molar-refractivity contribution in [1.82, 2.24) is 25.9 Å². The number of thiophene rings is 1. The van der Waals surface area contributed by atoms with Crippen LogP contribution in [0.2, 0.25) is 0 Å². The van der Waals surface area contributed by atoms with E-state index in [0.29, 0.717) is 26.9 Å². The number of methoxy groups -OCH3 is 1. The highest BCUT2D eigenvalue weighted by atomic mass is 32.2. The summed E-state index contributed by atoms with van der Waals surface area (Å²) in [6, 6.07) is 4.97. The van der Waals surface area contributed by atoms with Gasteiger partial charge in [-0.3, -0.25) is 14.5 Å². The van der Waals surface area contributed by atoms with Crippen LogP contribution in [0.1, 0.15) is 37.1 Å². The fraction of sp³-hybridized carbons (Fsp3) is 0.440. The van der Waals surface area contributed by atoms with Gasteiger partial charge in [-0.2, -0.15) is 0 Å². The van der Waals surface area contributed by atoms with Crippen LogP contribution >= 0.6 is 34.9 Å². The molecule has 2 aromatic rings. The summed E-state index contributed by atoms with van der Waals surface area (Å²) in [5.74, 6) is -2.29. The number of nitrogens with one attached hydrogen (secondary N) is 3. The molecule has 0 bridgehead atoms. The number of ether oxygens (including phenoxy) is 1. The van der Waals surface area contributed by atoms with E-state index in [9.17, 15) is 29.5 Å². The summed E-state index contributed by atoms with van der Waals surface area (Å²) in [6.07, 6.45) is 4.00. The van der Waals surface area contributed by atoms with Crippen molar-refractivity contribution in [3.05, 3.63) is 57.2 Å². The SMILES string of the molecule is CCCCCNC(=O)NC(C(=O)N[C@@]1(OC)C(=O)N2C(C(=O)O)=C(CSc3ccc[n+]([O-])n3)CSC21)c1cccs1. The second kappa shape index (κ2) is 13.5. The second-order valence-electron chi connectivity index (χ2n) is 9.12. The predicted octanol–water partition coefficient (Wildman–Crippen LogP) is 1.81. The van der Waals surface area contributed by atoms with E-state index in [1.165, 1.54) is 54.2 Å². The van der Waals surface area contributed by atoms with Gasteiger partial charge in [-0.05, 0) is 29.5 Å². The molecule has 220 valence electrons. The third-order valence-electron chi connectivity index (χ3n) is 6.42. The number of hydrogen-bond donors (Lipinski definition) is 4. The van der Waals surface area contributed by atoms with Crippen molar-refractivity contribution in [2.45, 2.75) is 48.4 Å². The maximum atomic E-state index is 13.5. The zero-order valence-corrected chi connectivity index (χ0v) is 24.8. The lowest BCUT2D eigenvalue weighted by molar-refractivity contribution is -0.672. The van der Waals surface area contributed by atoms with Gasteiger partial charge in [0.15, 0.2) is 5.03 Å². The molecule has 2 aliphatic heterocycles. The number of aliphatic carboxylic acids is 1. The number of aromatic nitrogens is 2. The van der Waals surface area contributed by atoms with Crippen molar-refractivity contribution in [1.29, 1.82) is 0 Å². The lowest BCUT2D eigenvalue weighted by Crippen LogP contribution is -2.81. The first-order chi connectivity index (χ1) is 19.7. The smallest absolute Gasteiger partial charge is 0.352 e. The van der Waals surface area contributed by atoms with Crippen LogP contribution in [0.25, 0.3) is 0 Å². The quantitative estimate of drug-likeness (QED) is 0.0643. The van der Waals surface area contributed by atoms with E-state index < -0.39 is 41.0 Å². The minimum Gasteiger partial charge on any atom is -0.594 e. The number of hydrogen-bond acceptors (Lipinski definition) is 10. The summed E-state index contributed by atoms with van der Waals surface area (Å²) < 4.78 is 5.56. The zero-order chi connectivity index (χ0) is 29.6. The van der Waals surface area contributed by atoms with Gasteiger partial charge in [-0.25, -0.2) is 9.59 Å². The average Bonchev–Trinajstić information content (AvgIpc) is 3.49. The Bertz CT molecular complexity index is 1320. The van der Waals surface area contributed by atoms with E-state index in [1.54, 1.807) is 23.6 Å². The Balaban J connectivity index is 1.50. The number of urea groups is 1. The third-order valence-corrected chi connectivity index (χ3v) is 9.74. The molecule has 41 heavy (non-hydrogen) atoms. The van der Waals surface area contributed by atoms with Crippen LogP contribution in [0.4, 0.5) is 4.79 Å². The molecular formula is C25H30N6O7S3. The minimum atomic E-state index is -1.83. The number of unbranched alkanes of at least 4 members (excludes halogenated alkanes) is 2. The Morgan fingerprint density at radius 1 is 1.34 bits per heavy atom. The molecule has 2 unspecified atom stereocenters. The number of nitrogens with zero attached hydrogens (tertiary/aromatic N) is 3. The summed E-state index contributed by atoms with van der Waals surface area (Å²) in [4.78, 5) is 54.0. The fourth-order valence-corrected chi connectivity index (χ4v) is 7.61. The number of carbonyl (C=O) groups is 4. The van der Waals surface area contributed by atoms with Crippen LogP contribution in [-0.2, 0) is 19.1 Å². The summed E-state index contributed by atoms with van der Waals surface area (Å²) in [5, 5.41) is 34.7. The Labute approximate surface area is 248 Å². The Morgan fingerprint density at radius 2 is 2.15 bits per heavy atom. The van der Waals surface area contributed by atoms with Gasteiger partial charge < -0.3 is 31.0 Å². The highest BCUT2D eigenvalue weighted by Gasteiger charge is 2.67. The van der Waals surface area contributed by atoms with Gasteiger partial charge in [0.25, 0.3) is 17.5 Å². The fourth-order valence-electron chi connectivity index (χ4n) is 4.39. The van der Waals surface area contributed by atoms with Crippen LogP contribution in [0, 0.1) is 5.21 Å². The molecule has 4 amide bonds. The summed E-state index contributed by atoms with van der Waals surface area (Å²) in [6.45, 7) is 2.51. The Morgan fingerprint density at radius 3 is 2.80 bits per heavy atom.